The van der Waals surface area contributed by atoms with Crippen LogP contribution in [0.3, 0.4) is 0 Å². The summed E-state index contributed by atoms with van der Waals surface area (Å²) in [6.07, 6.45) is 5.64. The molecule has 0 aliphatic carbocycles. The average Bonchev–Trinajstić information content (AvgIpc) is 3.24. The summed E-state index contributed by atoms with van der Waals surface area (Å²) >= 11 is 1.02. The van der Waals surface area contributed by atoms with E-state index in [0.717, 1.165) is 46.8 Å². The standard InChI is InChI=1S/C24H24N2O3S/c1-2-3-13-26-23(27)22(30-24(26)28)16-18-17-25(21-12-8-7-11-20(18)21)14-15-29-19-9-5-4-6-10-19/h4-12,16-17H,2-3,13-15H2,1H3/b22-16-. The molecule has 0 unspecified atom stereocenters. The number of amides is 2. The summed E-state index contributed by atoms with van der Waals surface area (Å²) in [5.74, 6) is 0.651. The van der Waals surface area contributed by atoms with Crippen LogP contribution in [0.25, 0.3) is 17.0 Å². The first kappa shape index (κ1) is 20.3. The summed E-state index contributed by atoms with van der Waals surface area (Å²) in [5, 5.41) is 0.872. The lowest BCUT2D eigenvalue weighted by Crippen LogP contribution is -2.29. The molecule has 154 valence electrons. The first-order valence-corrected chi connectivity index (χ1v) is 11.0. The van der Waals surface area contributed by atoms with Crippen LogP contribution in [-0.4, -0.2) is 33.8 Å². The second-order valence-electron chi connectivity index (χ2n) is 7.14. The smallest absolute Gasteiger partial charge is 0.293 e. The van der Waals surface area contributed by atoms with Gasteiger partial charge >= 0.3 is 0 Å². The van der Waals surface area contributed by atoms with Gasteiger partial charge < -0.3 is 9.30 Å². The molecule has 1 aliphatic rings. The van der Waals surface area contributed by atoms with Crippen molar-refractivity contribution in [1.82, 2.24) is 9.47 Å². The van der Waals surface area contributed by atoms with Gasteiger partial charge in [-0.25, -0.2) is 0 Å². The maximum Gasteiger partial charge on any atom is 0.293 e. The fourth-order valence-corrected chi connectivity index (χ4v) is 4.36. The number of rotatable bonds is 8. The monoisotopic (exact) mass is 420 g/mol. The van der Waals surface area contributed by atoms with Crippen molar-refractivity contribution in [3.05, 3.63) is 71.3 Å². The zero-order valence-corrected chi connectivity index (χ0v) is 17.7. The van der Waals surface area contributed by atoms with Gasteiger partial charge in [0.15, 0.2) is 0 Å². The van der Waals surface area contributed by atoms with Crippen molar-refractivity contribution in [2.45, 2.75) is 26.3 Å². The number of carbonyl (C=O) groups is 2. The highest BCUT2D eigenvalue weighted by Crippen LogP contribution is 2.34. The van der Waals surface area contributed by atoms with Crippen LogP contribution in [0.2, 0.25) is 0 Å². The van der Waals surface area contributed by atoms with Crippen LogP contribution in [0.15, 0.2) is 65.7 Å². The molecule has 4 rings (SSSR count). The fourth-order valence-electron chi connectivity index (χ4n) is 3.50. The number of hydrogen-bond donors (Lipinski definition) is 0. The van der Waals surface area contributed by atoms with Crippen LogP contribution in [0.1, 0.15) is 25.3 Å². The SMILES string of the molecule is CCCCN1C(=O)S/C(=C\c2cn(CCOc3ccccc3)c3ccccc23)C1=O. The van der Waals surface area contributed by atoms with Crippen molar-refractivity contribution < 1.29 is 14.3 Å². The Hall–Kier alpha value is -2.99. The van der Waals surface area contributed by atoms with Gasteiger partial charge in [-0.2, -0.15) is 0 Å². The molecule has 1 saturated heterocycles. The summed E-state index contributed by atoms with van der Waals surface area (Å²) < 4.78 is 7.97. The van der Waals surface area contributed by atoms with Gasteiger partial charge in [0.2, 0.25) is 0 Å². The van der Waals surface area contributed by atoms with Crippen LogP contribution < -0.4 is 4.74 Å². The summed E-state index contributed by atoms with van der Waals surface area (Å²) in [5.41, 5.74) is 2.01. The Balaban J connectivity index is 1.55. The Bertz CT molecular complexity index is 1090. The van der Waals surface area contributed by atoms with Crippen molar-refractivity contribution in [2.24, 2.45) is 0 Å². The third-order valence-corrected chi connectivity index (χ3v) is 5.97. The molecule has 0 N–H and O–H groups in total. The molecule has 1 aliphatic heterocycles. The van der Waals surface area contributed by atoms with Gasteiger partial charge in [-0.3, -0.25) is 14.5 Å². The molecule has 2 amide bonds. The first-order valence-electron chi connectivity index (χ1n) is 10.2. The fraction of sp³-hybridized carbons (Fsp3) is 0.250. The zero-order valence-electron chi connectivity index (χ0n) is 16.9. The van der Waals surface area contributed by atoms with E-state index in [0.29, 0.717) is 24.6 Å². The summed E-state index contributed by atoms with van der Waals surface area (Å²) in [6, 6.07) is 17.8. The molecule has 3 aromatic rings. The van der Waals surface area contributed by atoms with Crippen LogP contribution in [0.4, 0.5) is 4.79 Å². The molecule has 0 radical (unpaired) electrons. The van der Waals surface area contributed by atoms with Crippen molar-refractivity contribution in [2.75, 3.05) is 13.2 Å². The van der Waals surface area contributed by atoms with Crippen LogP contribution in [-0.2, 0) is 11.3 Å². The van der Waals surface area contributed by atoms with Crippen LogP contribution in [0.5, 0.6) is 5.75 Å². The molecular weight excluding hydrogens is 396 g/mol. The largest absolute Gasteiger partial charge is 0.492 e. The molecule has 5 nitrogen and oxygen atoms in total. The predicted molar refractivity (Wildman–Crippen MR) is 121 cm³/mol. The van der Waals surface area contributed by atoms with E-state index < -0.39 is 0 Å². The second-order valence-corrected chi connectivity index (χ2v) is 8.14. The van der Waals surface area contributed by atoms with Crippen LogP contribution >= 0.6 is 11.8 Å². The second kappa shape index (κ2) is 9.22. The summed E-state index contributed by atoms with van der Waals surface area (Å²) in [4.78, 5) is 26.8. The maximum absolute atomic E-state index is 12.7. The van der Waals surface area contributed by atoms with Gasteiger partial charge in [0, 0.05) is 29.2 Å². The lowest BCUT2D eigenvalue weighted by atomic mass is 10.1. The summed E-state index contributed by atoms with van der Waals surface area (Å²) in [7, 11) is 0. The number of benzene rings is 2. The van der Waals surface area contributed by atoms with E-state index in [1.54, 1.807) is 0 Å². The Morgan fingerprint density at radius 3 is 2.57 bits per heavy atom. The normalized spacial score (nSPS) is 15.5. The molecule has 0 saturated carbocycles. The van der Waals surface area contributed by atoms with E-state index in [9.17, 15) is 9.59 Å². The van der Waals surface area contributed by atoms with E-state index >= 15 is 0 Å². The molecule has 0 bridgehead atoms. The van der Waals surface area contributed by atoms with Gasteiger partial charge in [0.25, 0.3) is 11.1 Å². The van der Waals surface area contributed by atoms with Gasteiger partial charge in [-0.1, -0.05) is 49.7 Å². The zero-order chi connectivity index (χ0) is 20.9. The minimum absolute atomic E-state index is 0.181. The molecule has 0 atom stereocenters. The molecule has 1 aromatic heterocycles. The molecule has 0 spiro atoms. The van der Waals surface area contributed by atoms with Crippen molar-refractivity contribution in [3.63, 3.8) is 0 Å². The Labute approximate surface area is 180 Å². The van der Waals surface area contributed by atoms with Gasteiger partial charge in [0.05, 0.1) is 11.4 Å². The third kappa shape index (κ3) is 4.28. The number of thioether (sulfide) groups is 1. The lowest BCUT2D eigenvalue weighted by Gasteiger charge is -2.10. The molecule has 2 aromatic carbocycles. The predicted octanol–water partition coefficient (Wildman–Crippen LogP) is 5.56. The molecule has 6 heteroatoms. The minimum atomic E-state index is -0.192. The van der Waals surface area contributed by atoms with E-state index in [4.69, 9.17) is 4.74 Å². The summed E-state index contributed by atoms with van der Waals surface area (Å²) in [6.45, 7) is 3.75. The van der Waals surface area contributed by atoms with Crippen molar-refractivity contribution in [1.29, 1.82) is 0 Å². The van der Waals surface area contributed by atoms with Crippen molar-refractivity contribution >= 4 is 39.9 Å². The molecular formula is C24H24N2O3S. The maximum atomic E-state index is 12.7. The number of ether oxygens (including phenoxy) is 1. The molecule has 2 heterocycles. The quantitative estimate of drug-likeness (QED) is 0.448. The van der Waals surface area contributed by atoms with Crippen LogP contribution in [0, 0.1) is 0 Å². The highest BCUT2D eigenvalue weighted by Gasteiger charge is 2.34. The molecule has 1 fully saturated rings. The lowest BCUT2D eigenvalue weighted by molar-refractivity contribution is -0.122. The third-order valence-electron chi connectivity index (χ3n) is 5.06. The number of nitrogens with zero attached hydrogens (tertiary/aromatic N) is 2. The minimum Gasteiger partial charge on any atom is -0.492 e. The Morgan fingerprint density at radius 2 is 1.77 bits per heavy atom. The average molecular weight is 421 g/mol. The number of carbonyl (C=O) groups excluding carboxylic acids is 2. The Kier molecular flexibility index (Phi) is 6.23. The van der Waals surface area contributed by atoms with Crippen molar-refractivity contribution in [3.8, 4) is 5.75 Å². The highest BCUT2D eigenvalue weighted by molar-refractivity contribution is 8.18. The molecule has 30 heavy (non-hydrogen) atoms. The topological polar surface area (TPSA) is 51.5 Å². The number of fused-ring (bicyclic) bond motifs is 1. The number of para-hydroxylation sites is 2. The van der Waals surface area contributed by atoms with Gasteiger partial charge in [-0.15, -0.1) is 0 Å². The number of aromatic nitrogens is 1. The highest BCUT2D eigenvalue weighted by atomic mass is 32.2. The van der Waals surface area contributed by atoms with Gasteiger partial charge in [0.1, 0.15) is 12.4 Å². The van der Waals surface area contributed by atoms with E-state index in [1.165, 1.54) is 4.90 Å². The number of hydrogen-bond acceptors (Lipinski definition) is 4. The van der Waals surface area contributed by atoms with Gasteiger partial charge in [-0.05, 0) is 42.5 Å². The Morgan fingerprint density at radius 1 is 1.00 bits per heavy atom. The number of imide groups is 1. The first-order chi connectivity index (χ1) is 14.7. The van der Waals surface area contributed by atoms with E-state index in [-0.39, 0.29) is 11.1 Å². The van der Waals surface area contributed by atoms with E-state index in [1.807, 2.05) is 67.7 Å². The van der Waals surface area contributed by atoms with E-state index in [2.05, 4.69) is 10.6 Å². The number of unbranched alkanes of at least 4 members (excludes halogenated alkanes) is 1.